The Bertz CT molecular complexity index is 636. The number of carbonyl (C=O) groups is 2. The molecule has 4 fully saturated rings. The van der Waals surface area contributed by atoms with E-state index in [1.54, 1.807) is 31.4 Å². The second-order valence-electron chi connectivity index (χ2n) is 6.73. The number of hydrogen-bond acceptors (Lipinski definition) is 4. The van der Waals surface area contributed by atoms with Crippen LogP contribution in [0.3, 0.4) is 0 Å². The first-order valence-corrected chi connectivity index (χ1v) is 7.88. The molecule has 3 aliphatic heterocycles. The Hall–Kier alpha value is -1.88. The number of anilines is 1. The van der Waals surface area contributed by atoms with E-state index in [1.165, 1.54) is 4.90 Å². The summed E-state index contributed by atoms with van der Waals surface area (Å²) in [5, 5.41) is 0. The van der Waals surface area contributed by atoms with Crippen LogP contribution in [0, 0.1) is 23.7 Å². The molecule has 0 spiro atoms. The summed E-state index contributed by atoms with van der Waals surface area (Å²) < 4.78 is 11.1. The zero-order valence-corrected chi connectivity index (χ0v) is 12.3. The molecule has 5 rings (SSSR count). The molecule has 0 aromatic heterocycles. The van der Waals surface area contributed by atoms with Crippen LogP contribution >= 0.6 is 0 Å². The van der Waals surface area contributed by atoms with Crippen molar-refractivity contribution in [1.82, 2.24) is 0 Å². The number of imide groups is 1. The van der Waals surface area contributed by atoms with Gasteiger partial charge in [-0.2, -0.15) is 0 Å². The van der Waals surface area contributed by atoms with Gasteiger partial charge in [0.25, 0.3) is 0 Å². The van der Waals surface area contributed by atoms with Gasteiger partial charge in [0.1, 0.15) is 5.75 Å². The molecular formula is C17H17NO4. The van der Waals surface area contributed by atoms with E-state index < -0.39 is 0 Å². The maximum absolute atomic E-state index is 12.8. The van der Waals surface area contributed by atoms with E-state index in [9.17, 15) is 9.59 Å². The van der Waals surface area contributed by atoms with Gasteiger partial charge in [-0.25, -0.2) is 4.90 Å². The monoisotopic (exact) mass is 299 g/mol. The fourth-order valence-electron chi connectivity index (χ4n) is 4.84. The van der Waals surface area contributed by atoms with Crippen molar-refractivity contribution in [3.63, 3.8) is 0 Å². The molecule has 6 atom stereocenters. The largest absolute Gasteiger partial charge is 0.497 e. The molecular weight excluding hydrogens is 282 g/mol. The highest BCUT2D eigenvalue weighted by Gasteiger charge is 2.70. The lowest BCUT2D eigenvalue weighted by atomic mass is 9.60. The summed E-state index contributed by atoms with van der Waals surface area (Å²) in [5.74, 6) is 1.01. The van der Waals surface area contributed by atoms with Crippen molar-refractivity contribution >= 4 is 17.5 Å². The molecule has 5 nitrogen and oxygen atoms in total. The van der Waals surface area contributed by atoms with Gasteiger partial charge in [-0.05, 0) is 48.9 Å². The van der Waals surface area contributed by atoms with Crippen LogP contribution in [0.5, 0.6) is 5.75 Å². The van der Waals surface area contributed by atoms with Gasteiger partial charge in [-0.15, -0.1) is 0 Å². The van der Waals surface area contributed by atoms with Crippen LogP contribution in [0.25, 0.3) is 0 Å². The number of hydrogen-bond donors (Lipinski definition) is 0. The molecule has 4 aliphatic rings. The number of rotatable bonds is 2. The Morgan fingerprint density at radius 1 is 1.00 bits per heavy atom. The molecule has 114 valence electrons. The third kappa shape index (κ3) is 1.33. The summed E-state index contributed by atoms with van der Waals surface area (Å²) in [4.78, 5) is 27.0. The lowest BCUT2D eigenvalue weighted by Crippen LogP contribution is -2.46. The lowest BCUT2D eigenvalue weighted by Gasteiger charge is -2.40. The van der Waals surface area contributed by atoms with E-state index in [1.807, 2.05) is 0 Å². The SMILES string of the molecule is COc1ccc(N2C(=O)[C@@H]3[C@@H]4O[C@@H]([C@@H]5CC[C@@H]54)[C@@H]3C2=O)cc1. The van der Waals surface area contributed by atoms with Crippen molar-refractivity contribution in [1.29, 1.82) is 0 Å². The minimum Gasteiger partial charge on any atom is -0.497 e. The van der Waals surface area contributed by atoms with E-state index in [0.717, 1.165) is 12.8 Å². The van der Waals surface area contributed by atoms with Crippen LogP contribution in [-0.4, -0.2) is 31.1 Å². The predicted octanol–water partition coefficient (Wildman–Crippen LogP) is 1.61. The average molecular weight is 299 g/mol. The number of ether oxygens (including phenoxy) is 2. The van der Waals surface area contributed by atoms with Crippen LogP contribution in [-0.2, 0) is 14.3 Å². The molecule has 1 saturated carbocycles. The van der Waals surface area contributed by atoms with Gasteiger partial charge in [0.2, 0.25) is 11.8 Å². The second kappa shape index (κ2) is 4.10. The normalized spacial score (nSPS) is 41.4. The van der Waals surface area contributed by atoms with Gasteiger partial charge < -0.3 is 9.47 Å². The smallest absolute Gasteiger partial charge is 0.240 e. The van der Waals surface area contributed by atoms with Crippen molar-refractivity contribution < 1.29 is 19.1 Å². The van der Waals surface area contributed by atoms with Crippen molar-refractivity contribution in [2.45, 2.75) is 25.0 Å². The molecule has 2 amide bonds. The van der Waals surface area contributed by atoms with E-state index in [4.69, 9.17) is 9.47 Å². The first-order chi connectivity index (χ1) is 10.7. The molecule has 1 aromatic carbocycles. The highest BCUT2D eigenvalue weighted by molar-refractivity contribution is 6.22. The number of methoxy groups -OCH3 is 1. The Morgan fingerprint density at radius 3 is 2.00 bits per heavy atom. The van der Waals surface area contributed by atoms with Crippen LogP contribution < -0.4 is 9.64 Å². The molecule has 22 heavy (non-hydrogen) atoms. The molecule has 1 aromatic rings. The Kier molecular flexibility index (Phi) is 2.36. The third-order valence-electron chi connectivity index (χ3n) is 5.98. The first-order valence-electron chi connectivity index (χ1n) is 7.88. The summed E-state index contributed by atoms with van der Waals surface area (Å²) in [7, 11) is 1.59. The molecule has 1 aliphatic carbocycles. The fourth-order valence-corrected chi connectivity index (χ4v) is 4.84. The summed E-state index contributed by atoms with van der Waals surface area (Å²) in [5.41, 5.74) is 0.636. The van der Waals surface area contributed by atoms with Crippen molar-refractivity contribution in [3.8, 4) is 5.75 Å². The van der Waals surface area contributed by atoms with Gasteiger partial charge in [0.15, 0.2) is 0 Å². The lowest BCUT2D eigenvalue weighted by molar-refractivity contribution is -0.125. The minimum atomic E-state index is -0.263. The predicted molar refractivity (Wildman–Crippen MR) is 77.3 cm³/mol. The Morgan fingerprint density at radius 2 is 1.55 bits per heavy atom. The molecule has 0 radical (unpaired) electrons. The summed E-state index contributed by atoms with van der Waals surface area (Å²) in [6.07, 6.45) is 2.21. The fraction of sp³-hybridized carbons (Fsp3) is 0.529. The first kappa shape index (κ1) is 12.6. The van der Waals surface area contributed by atoms with Crippen molar-refractivity contribution in [3.05, 3.63) is 24.3 Å². The number of nitrogens with zero attached hydrogens (tertiary/aromatic N) is 1. The quantitative estimate of drug-likeness (QED) is 0.779. The van der Waals surface area contributed by atoms with Crippen LogP contribution in [0.2, 0.25) is 0 Å². The summed E-state index contributed by atoms with van der Waals surface area (Å²) in [6.45, 7) is 0. The molecule has 3 saturated heterocycles. The van der Waals surface area contributed by atoms with Crippen molar-refractivity contribution in [2.24, 2.45) is 23.7 Å². The van der Waals surface area contributed by atoms with Crippen LogP contribution in [0.1, 0.15) is 12.8 Å². The van der Waals surface area contributed by atoms with Gasteiger partial charge in [-0.3, -0.25) is 9.59 Å². The zero-order valence-electron chi connectivity index (χ0n) is 12.3. The Labute approximate surface area is 128 Å². The van der Waals surface area contributed by atoms with Gasteiger partial charge in [0.05, 0.1) is 36.8 Å². The number of amides is 2. The Balaban J connectivity index is 1.51. The van der Waals surface area contributed by atoms with E-state index in [-0.39, 0.29) is 35.9 Å². The minimum absolute atomic E-state index is 0.0338. The van der Waals surface area contributed by atoms with E-state index in [2.05, 4.69) is 0 Å². The van der Waals surface area contributed by atoms with Crippen LogP contribution in [0.15, 0.2) is 24.3 Å². The second-order valence-corrected chi connectivity index (χ2v) is 6.73. The molecule has 0 unspecified atom stereocenters. The van der Waals surface area contributed by atoms with E-state index >= 15 is 0 Å². The van der Waals surface area contributed by atoms with Gasteiger partial charge >= 0.3 is 0 Å². The maximum atomic E-state index is 12.8. The molecule has 0 N–H and O–H groups in total. The van der Waals surface area contributed by atoms with Gasteiger partial charge in [-0.1, -0.05) is 0 Å². The third-order valence-corrected chi connectivity index (χ3v) is 5.98. The van der Waals surface area contributed by atoms with Gasteiger partial charge in [0, 0.05) is 0 Å². The standard InChI is InChI=1S/C17H17NO4/c1-21-9-4-2-8(3-5-9)18-16(19)12-13(17(18)20)15-11-7-6-10(11)14(12)22-15/h2-5,10-15H,6-7H2,1H3/t10-,11+,12-,13+,14+,15-. The highest BCUT2D eigenvalue weighted by atomic mass is 16.5. The molecule has 5 heteroatoms. The number of carbonyl (C=O) groups excluding carboxylic acids is 2. The highest BCUT2D eigenvalue weighted by Crippen LogP contribution is 2.61. The molecule has 3 heterocycles. The summed E-state index contributed by atoms with van der Waals surface area (Å²) in [6, 6.07) is 7.09. The number of benzene rings is 1. The van der Waals surface area contributed by atoms with E-state index in [0.29, 0.717) is 23.3 Å². The summed E-state index contributed by atoms with van der Waals surface area (Å²) >= 11 is 0. The number of fused-ring (bicyclic) bond motifs is 8. The maximum Gasteiger partial charge on any atom is 0.240 e. The van der Waals surface area contributed by atoms with Crippen molar-refractivity contribution in [2.75, 3.05) is 12.0 Å². The van der Waals surface area contributed by atoms with Crippen LogP contribution in [0.4, 0.5) is 5.69 Å². The average Bonchev–Trinajstić information content (AvgIpc) is 3.05. The zero-order chi connectivity index (χ0) is 15.0. The molecule has 2 bridgehead atoms. The topological polar surface area (TPSA) is 55.8 Å².